The highest BCUT2D eigenvalue weighted by Gasteiger charge is 2.27. The van der Waals surface area contributed by atoms with E-state index in [-0.39, 0.29) is 16.7 Å². The number of rotatable bonds is 6. The fourth-order valence-corrected chi connectivity index (χ4v) is 4.51. The number of oxazole rings is 1. The smallest absolute Gasteiger partial charge is 0.299 e. The average Bonchev–Trinajstić information content (AvgIpc) is 3.23. The van der Waals surface area contributed by atoms with Gasteiger partial charge in [-0.05, 0) is 42.5 Å². The molecule has 0 aliphatic carbocycles. The van der Waals surface area contributed by atoms with E-state index in [0.717, 1.165) is 0 Å². The first-order valence-electron chi connectivity index (χ1n) is 9.22. The van der Waals surface area contributed by atoms with Crippen LogP contribution >= 0.6 is 0 Å². The van der Waals surface area contributed by atoms with Crippen molar-refractivity contribution >= 4 is 21.7 Å². The summed E-state index contributed by atoms with van der Waals surface area (Å²) in [5, 5.41) is 2.96. The van der Waals surface area contributed by atoms with Gasteiger partial charge in [0.1, 0.15) is 11.6 Å². The van der Waals surface area contributed by atoms with Crippen LogP contribution in [-0.4, -0.2) is 51.1 Å². The number of sulfonamides is 1. The Kier molecular flexibility index (Phi) is 5.71. The number of halogens is 1. The van der Waals surface area contributed by atoms with Gasteiger partial charge >= 0.3 is 0 Å². The van der Waals surface area contributed by atoms with Gasteiger partial charge in [-0.1, -0.05) is 0 Å². The maximum atomic E-state index is 13.1. The first-order valence-corrected chi connectivity index (χ1v) is 10.7. The van der Waals surface area contributed by atoms with Gasteiger partial charge in [0.15, 0.2) is 5.76 Å². The van der Waals surface area contributed by atoms with Crippen LogP contribution in [0.5, 0.6) is 5.75 Å². The van der Waals surface area contributed by atoms with Crippen LogP contribution in [-0.2, 0) is 14.8 Å². The van der Waals surface area contributed by atoms with E-state index < -0.39 is 10.0 Å². The Bertz CT molecular complexity index is 1130. The lowest BCUT2D eigenvalue weighted by Crippen LogP contribution is -2.40. The highest BCUT2D eigenvalue weighted by molar-refractivity contribution is 7.89. The molecule has 158 valence electrons. The zero-order valence-corrected chi connectivity index (χ0v) is 17.0. The normalized spacial score (nSPS) is 15.1. The molecule has 0 atom stereocenters. The molecule has 8 nitrogen and oxygen atoms in total. The van der Waals surface area contributed by atoms with Crippen molar-refractivity contribution in [2.75, 3.05) is 38.7 Å². The maximum absolute atomic E-state index is 13.1. The van der Waals surface area contributed by atoms with Gasteiger partial charge in [0.2, 0.25) is 10.0 Å². The quantitative estimate of drug-likeness (QED) is 0.638. The molecule has 1 saturated heterocycles. The number of methoxy groups -OCH3 is 1. The van der Waals surface area contributed by atoms with Crippen molar-refractivity contribution in [3.05, 3.63) is 54.5 Å². The second-order valence-corrected chi connectivity index (χ2v) is 8.48. The van der Waals surface area contributed by atoms with Crippen molar-refractivity contribution in [3.8, 4) is 17.1 Å². The summed E-state index contributed by atoms with van der Waals surface area (Å²) in [6.45, 7) is 1.34. The van der Waals surface area contributed by atoms with Crippen molar-refractivity contribution in [1.29, 1.82) is 0 Å². The number of nitrogens with zero attached hydrogens (tertiary/aromatic N) is 2. The molecule has 3 aromatic rings. The highest BCUT2D eigenvalue weighted by atomic mass is 32.2. The zero-order valence-electron chi connectivity index (χ0n) is 16.2. The molecule has 1 aromatic heterocycles. The summed E-state index contributed by atoms with van der Waals surface area (Å²) in [7, 11) is -2.19. The number of morpholine rings is 1. The van der Waals surface area contributed by atoms with Crippen molar-refractivity contribution < 1.29 is 26.7 Å². The molecule has 1 aliphatic heterocycles. The van der Waals surface area contributed by atoms with Gasteiger partial charge in [-0.3, -0.25) is 0 Å². The molecule has 0 amide bonds. The zero-order chi connectivity index (χ0) is 21.1. The summed E-state index contributed by atoms with van der Waals surface area (Å²) < 4.78 is 56.6. The Labute approximate surface area is 173 Å². The minimum atomic E-state index is -3.67. The lowest BCUT2D eigenvalue weighted by atomic mass is 10.2. The third-order valence-electron chi connectivity index (χ3n) is 4.65. The standard InChI is InChI=1S/C20H20FN3O5S/c1-27-18-7-6-16(30(25,26)24-8-10-28-11-9-24)12-17(18)23-20-22-13-19(29-20)14-2-4-15(21)5-3-14/h2-7,12-13H,8-11H2,1H3,(H,22,23). The van der Waals surface area contributed by atoms with Crippen molar-refractivity contribution in [1.82, 2.24) is 9.29 Å². The van der Waals surface area contributed by atoms with E-state index in [0.29, 0.717) is 49.1 Å². The summed E-state index contributed by atoms with van der Waals surface area (Å²) in [4.78, 5) is 4.29. The average molecular weight is 433 g/mol. The van der Waals surface area contributed by atoms with Crippen LogP contribution < -0.4 is 10.1 Å². The highest BCUT2D eigenvalue weighted by Crippen LogP contribution is 2.32. The van der Waals surface area contributed by atoms with Gasteiger partial charge in [0.05, 0.1) is 37.1 Å². The van der Waals surface area contributed by atoms with E-state index in [1.165, 1.54) is 41.9 Å². The topological polar surface area (TPSA) is 93.9 Å². The fourth-order valence-electron chi connectivity index (χ4n) is 3.08. The van der Waals surface area contributed by atoms with Gasteiger partial charge in [0.25, 0.3) is 6.01 Å². The molecule has 10 heteroatoms. The summed E-state index contributed by atoms with van der Waals surface area (Å²) in [5.74, 6) is 0.519. The summed E-state index contributed by atoms with van der Waals surface area (Å²) in [6.07, 6.45) is 1.50. The Balaban J connectivity index is 1.61. The molecule has 2 heterocycles. The van der Waals surface area contributed by atoms with Crippen LogP contribution in [0.15, 0.2) is 58.0 Å². The SMILES string of the molecule is COc1ccc(S(=O)(=O)N2CCOCC2)cc1Nc1ncc(-c2ccc(F)cc2)o1. The second-order valence-electron chi connectivity index (χ2n) is 6.54. The Morgan fingerprint density at radius 2 is 1.87 bits per heavy atom. The van der Waals surface area contributed by atoms with Crippen LogP contribution in [0, 0.1) is 5.82 Å². The summed E-state index contributed by atoms with van der Waals surface area (Å²) in [6, 6.07) is 10.5. The van der Waals surface area contributed by atoms with Crippen molar-refractivity contribution in [2.45, 2.75) is 4.90 Å². The van der Waals surface area contributed by atoms with E-state index in [4.69, 9.17) is 13.9 Å². The number of hydrogen-bond acceptors (Lipinski definition) is 7. The Morgan fingerprint density at radius 1 is 1.13 bits per heavy atom. The van der Waals surface area contributed by atoms with Crippen molar-refractivity contribution in [2.24, 2.45) is 0 Å². The molecule has 1 N–H and O–H groups in total. The molecule has 0 spiro atoms. The minimum Gasteiger partial charge on any atom is -0.495 e. The lowest BCUT2D eigenvalue weighted by molar-refractivity contribution is 0.0730. The number of ether oxygens (including phenoxy) is 2. The molecular weight excluding hydrogens is 413 g/mol. The number of benzene rings is 2. The summed E-state index contributed by atoms with van der Waals surface area (Å²) in [5.41, 5.74) is 1.05. The molecule has 0 unspecified atom stereocenters. The van der Waals surface area contributed by atoms with Gasteiger partial charge in [-0.15, -0.1) is 0 Å². The molecule has 0 radical (unpaired) electrons. The number of hydrogen-bond donors (Lipinski definition) is 1. The van der Waals surface area contributed by atoms with Crippen LogP contribution in [0.25, 0.3) is 11.3 Å². The van der Waals surface area contributed by atoms with E-state index >= 15 is 0 Å². The van der Waals surface area contributed by atoms with Crippen molar-refractivity contribution in [3.63, 3.8) is 0 Å². The molecule has 30 heavy (non-hydrogen) atoms. The van der Waals surface area contributed by atoms with Crippen LogP contribution in [0.1, 0.15) is 0 Å². The maximum Gasteiger partial charge on any atom is 0.299 e. The first kappa shape index (κ1) is 20.3. The monoisotopic (exact) mass is 433 g/mol. The predicted octanol–water partition coefficient (Wildman–Crippen LogP) is 3.25. The molecule has 0 bridgehead atoms. The Hall–Kier alpha value is -2.95. The van der Waals surface area contributed by atoms with E-state index in [1.54, 1.807) is 18.2 Å². The molecule has 0 saturated carbocycles. The van der Waals surface area contributed by atoms with Crippen LogP contribution in [0.4, 0.5) is 16.1 Å². The minimum absolute atomic E-state index is 0.123. The third-order valence-corrected chi connectivity index (χ3v) is 6.55. The second kappa shape index (κ2) is 8.42. The largest absolute Gasteiger partial charge is 0.495 e. The lowest BCUT2D eigenvalue weighted by Gasteiger charge is -2.26. The molecule has 1 fully saturated rings. The summed E-state index contributed by atoms with van der Waals surface area (Å²) >= 11 is 0. The van der Waals surface area contributed by atoms with Gasteiger partial charge < -0.3 is 19.2 Å². The van der Waals surface area contributed by atoms with Gasteiger partial charge in [-0.2, -0.15) is 4.31 Å². The number of nitrogens with one attached hydrogen (secondary N) is 1. The van der Waals surface area contributed by atoms with Gasteiger partial charge in [0, 0.05) is 18.7 Å². The molecule has 2 aromatic carbocycles. The molecule has 4 rings (SSSR count). The van der Waals surface area contributed by atoms with Gasteiger partial charge in [-0.25, -0.2) is 17.8 Å². The predicted molar refractivity (Wildman–Crippen MR) is 108 cm³/mol. The Morgan fingerprint density at radius 3 is 2.57 bits per heavy atom. The number of aromatic nitrogens is 1. The number of anilines is 2. The van der Waals surface area contributed by atoms with Crippen LogP contribution in [0.3, 0.4) is 0 Å². The fraction of sp³-hybridized carbons (Fsp3) is 0.250. The van der Waals surface area contributed by atoms with E-state index in [9.17, 15) is 12.8 Å². The molecular formula is C20H20FN3O5S. The third kappa shape index (κ3) is 4.16. The molecule has 1 aliphatic rings. The van der Waals surface area contributed by atoms with E-state index in [2.05, 4.69) is 10.3 Å². The first-order chi connectivity index (χ1) is 14.5. The van der Waals surface area contributed by atoms with Crippen LogP contribution in [0.2, 0.25) is 0 Å². The van der Waals surface area contributed by atoms with E-state index in [1.807, 2.05) is 0 Å².